The Morgan fingerprint density at radius 3 is 0.767 bits per heavy atom. The summed E-state index contributed by atoms with van der Waals surface area (Å²) >= 11 is 0. The van der Waals surface area contributed by atoms with E-state index in [1.54, 1.807) is 0 Å². The van der Waals surface area contributed by atoms with Crippen molar-refractivity contribution in [2.75, 3.05) is 0 Å². The summed E-state index contributed by atoms with van der Waals surface area (Å²) in [5.41, 5.74) is 4.03. The van der Waals surface area contributed by atoms with Crippen molar-refractivity contribution < 1.29 is 0 Å². The zero-order valence-electron chi connectivity index (χ0n) is 23.7. The number of hydrogen-bond acceptors (Lipinski definition) is 0. The highest BCUT2D eigenvalue weighted by molar-refractivity contribution is 7.00. The maximum Gasteiger partial charge on any atom is 0.243 e. The van der Waals surface area contributed by atoms with Crippen LogP contribution < -0.4 is 16.4 Å². The van der Waals surface area contributed by atoms with Gasteiger partial charge in [-0.15, -0.1) is 0 Å². The maximum absolute atomic E-state index is 2.45. The van der Waals surface area contributed by atoms with E-state index in [1.807, 2.05) is 0 Å². The first-order valence-corrected chi connectivity index (χ1v) is 15.1. The predicted molar refractivity (Wildman–Crippen MR) is 189 cm³/mol. The Morgan fingerprint density at radius 2 is 0.465 bits per heavy atom. The molecule has 9 aromatic carbocycles. The van der Waals surface area contributed by atoms with Gasteiger partial charge in [0.25, 0.3) is 0 Å². The van der Waals surface area contributed by atoms with E-state index >= 15 is 0 Å². The van der Waals surface area contributed by atoms with Crippen molar-refractivity contribution in [3.05, 3.63) is 164 Å². The van der Waals surface area contributed by atoms with Gasteiger partial charge in [-0.3, -0.25) is 0 Å². The van der Waals surface area contributed by atoms with Gasteiger partial charge in [-0.2, -0.15) is 0 Å². The third-order valence-corrected chi connectivity index (χ3v) is 9.33. The minimum Gasteiger partial charge on any atom is -0.0616 e. The summed E-state index contributed by atoms with van der Waals surface area (Å²) in [6.07, 6.45) is 0. The molecule has 0 fully saturated rings. The molecular weight excluding hydrogens is 515 g/mol. The maximum atomic E-state index is 2.45. The topological polar surface area (TPSA) is 0 Å². The minimum absolute atomic E-state index is 0.0125. The van der Waals surface area contributed by atoms with Crippen LogP contribution in [0, 0.1) is 0 Å². The molecule has 0 nitrogen and oxygen atoms in total. The SMILES string of the molecule is c1ccc2c(c1)cc(B(c1cc3ccccc3c3ccccc13)c1cc3ccccc3c3ccccc13)c1ccccc12. The lowest BCUT2D eigenvalue weighted by Crippen LogP contribution is -2.53. The van der Waals surface area contributed by atoms with E-state index < -0.39 is 0 Å². The molecule has 0 spiro atoms. The Balaban J connectivity index is 1.51. The highest BCUT2D eigenvalue weighted by Crippen LogP contribution is 2.30. The summed E-state index contributed by atoms with van der Waals surface area (Å²) < 4.78 is 0. The molecule has 1 heteroatoms. The summed E-state index contributed by atoms with van der Waals surface area (Å²) in [4.78, 5) is 0. The summed E-state index contributed by atoms with van der Waals surface area (Å²) in [5.74, 6) is 0. The van der Waals surface area contributed by atoms with Crippen molar-refractivity contribution >= 4 is 87.7 Å². The van der Waals surface area contributed by atoms with Gasteiger partial charge in [-0.25, -0.2) is 0 Å². The van der Waals surface area contributed by atoms with Gasteiger partial charge in [0, 0.05) is 0 Å². The summed E-state index contributed by atoms with van der Waals surface area (Å²) in [6.45, 7) is 0.0125. The average Bonchev–Trinajstić information content (AvgIpc) is 3.08. The number of benzene rings is 9. The summed E-state index contributed by atoms with van der Waals surface area (Å²) in [7, 11) is 0. The molecule has 0 aliphatic rings. The van der Waals surface area contributed by atoms with E-state index in [-0.39, 0.29) is 6.71 Å². The second-order valence-corrected chi connectivity index (χ2v) is 11.6. The third-order valence-electron chi connectivity index (χ3n) is 9.33. The van der Waals surface area contributed by atoms with Crippen LogP contribution >= 0.6 is 0 Å². The van der Waals surface area contributed by atoms with Gasteiger partial charge in [-0.05, 0) is 64.6 Å². The fraction of sp³-hybridized carbons (Fsp3) is 0. The molecule has 0 amide bonds. The summed E-state index contributed by atoms with van der Waals surface area (Å²) in [6, 6.07) is 60.8. The van der Waals surface area contributed by atoms with Crippen molar-refractivity contribution in [1.29, 1.82) is 0 Å². The van der Waals surface area contributed by atoms with Crippen molar-refractivity contribution in [2.45, 2.75) is 0 Å². The molecule has 0 aromatic heterocycles. The van der Waals surface area contributed by atoms with Gasteiger partial charge in [0.15, 0.2) is 0 Å². The number of hydrogen-bond donors (Lipinski definition) is 0. The van der Waals surface area contributed by atoms with Crippen molar-refractivity contribution in [1.82, 2.24) is 0 Å². The molecule has 9 aromatic rings. The normalized spacial score (nSPS) is 11.7. The van der Waals surface area contributed by atoms with Crippen molar-refractivity contribution in [3.63, 3.8) is 0 Å². The third kappa shape index (κ3) is 3.72. The van der Waals surface area contributed by atoms with Gasteiger partial charge in [0.05, 0.1) is 0 Å². The second kappa shape index (κ2) is 9.58. The van der Waals surface area contributed by atoms with Crippen LogP contribution in [0.25, 0.3) is 64.6 Å². The molecule has 198 valence electrons. The molecule has 43 heavy (non-hydrogen) atoms. The van der Waals surface area contributed by atoms with E-state index in [4.69, 9.17) is 0 Å². The average molecular weight is 542 g/mol. The quantitative estimate of drug-likeness (QED) is 0.154. The minimum atomic E-state index is 0.0125. The fourth-order valence-corrected chi connectivity index (χ4v) is 7.47. The lowest BCUT2D eigenvalue weighted by molar-refractivity contribution is 1.76. The van der Waals surface area contributed by atoms with Crippen LogP contribution in [-0.2, 0) is 0 Å². The molecule has 0 aliphatic heterocycles. The van der Waals surface area contributed by atoms with E-state index in [9.17, 15) is 0 Å². The van der Waals surface area contributed by atoms with Crippen molar-refractivity contribution in [2.24, 2.45) is 0 Å². The van der Waals surface area contributed by atoms with Crippen LogP contribution in [0.2, 0.25) is 0 Å². The molecule has 0 radical (unpaired) electrons. The van der Waals surface area contributed by atoms with E-state index in [1.165, 1.54) is 81.0 Å². The van der Waals surface area contributed by atoms with Gasteiger partial charge in [0.1, 0.15) is 0 Å². The van der Waals surface area contributed by atoms with Gasteiger partial charge < -0.3 is 0 Å². The monoisotopic (exact) mass is 542 g/mol. The van der Waals surface area contributed by atoms with E-state index in [0.717, 1.165) is 0 Å². The Bertz CT molecular complexity index is 2240. The fourth-order valence-electron chi connectivity index (χ4n) is 7.47. The molecule has 0 bridgehead atoms. The first-order valence-electron chi connectivity index (χ1n) is 15.1. The van der Waals surface area contributed by atoms with E-state index in [2.05, 4.69) is 164 Å². The lowest BCUT2D eigenvalue weighted by Gasteiger charge is -2.24. The Labute approximate surface area is 250 Å². The molecular formula is C42H27B. The zero-order valence-corrected chi connectivity index (χ0v) is 23.7. The van der Waals surface area contributed by atoms with Crippen LogP contribution in [0.5, 0.6) is 0 Å². The molecule has 0 saturated heterocycles. The van der Waals surface area contributed by atoms with Gasteiger partial charge in [0.2, 0.25) is 6.71 Å². The smallest absolute Gasteiger partial charge is 0.0616 e. The van der Waals surface area contributed by atoms with Crippen molar-refractivity contribution in [3.8, 4) is 0 Å². The Hall–Kier alpha value is -5.40. The zero-order chi connectivity index (χ0) is 28.3. The predicted octanol–water partition coefficient (Wildman–Crippen LogP) is 9.12. The van der Waals surface area contributed by atoms with E-state index in [0.29, 0.717) is 0 Å². The highest BCUT2D eigenvalue weighted by atomic mass is 14.1. The van der Waals surface area contributed by atoms with Crippen LogP contribution in [0.1, 0.15) is 0 Å². The molecule has 0 atom stereocenters. The lowest BCUT2D eigenvalue weighted by atomic mass is 9.35. The van der Waals surface area contributed by atoms with Crippen LogP contribution in [0.4, 0.5) is 0 Å². The Morgan fingerprint density at radius 1 is 0.233 bits per heavy atom. The molecule has 0 aliphatic carbocycles. The largest absolute Gasteiger partial charge is 0.243 e. The van der Waals surface area contributed by atoms with Crippen LogP contribution in [-0.4, -0.2) is 6.71 Å². The van der Waals surface area contributed by atoms with Gasteiger partial charge in [-0.1, -0.05) is 180 Å². The Kier molecular flexibility index (Phi) is 5.40. The molecule has 0 N–H and O–H groups in total. The van der Waals surface area contributed by atoms with Crippen LogP contribution in [0.15, 0.2) is 164 Å². The van der Waals surface area contributed by atoms with Crippen LogP contribution in [0.3, 0.4) is 0 Å². The number of rotatable bonds is 3. The molecule has 0 heterocycles. The first-order chi connectivity index (χ1) is 21.3. The highest BCUT2D eigenvalue weighted by Gasteiger charge is 2.29. The van der Waals surface area contributed by atoms with Gasteiger partial charge >= 0.3 is 0 Å². The first kappa shape index (κ1) is 24.2. The molecule has 9 rings (SSSR count). The summed E-state index contributed by atoms with van der Waals surface area (Å²) in [5, 5.41) is 15.5. The standard InChI is InChI=1S/C42H27B/c1-4-16-31-28(13-1)25-40(37-22-10-7-19-34(31)37)43(41-26-29-14-2-5-17-32(29)35-20-8-11-23-38(35)41)42-27-30-15-3-6-18-33(30)36-21-9-12-24-39(36)42/h1-27H. The molecule has 0 unspecified atom stereocenters. The molecule has 0 saturated carbocycles. The number of fused-ring (bicyclic) bond motifs is 9. The second-order valence-electron chi connectivity index (χ2n) is 11.6.